The van der Waals surface area contributed by atoms with Gasteiger partial charge in [-0.3, -0.25) is 14.5 Å². The number of fused-ring (bicyclic) bond motifs is 2. The van der Waals surface area contributed by atoms with Crippen LogP contribution < -0.4 is 0 Å². The third-order valence-electron chi connectivity index (χ3n) is 8.17. The Balaban J connectivity index is 1.21. The van der Waals surface area contributed by atoms with E-state index in [4.69, 9.17) is 9.15 Å². The van der Waals surface area contributed by atoms with E-state index in [9.17, 15) is 9.59 Å². The van der Waals surface area contributed by atoms with E-state index in [1.807, 2.05) is 4.90 Å². The largest absolute Gasteiger partial charge is 0.462 e. The minimum atomic E-state index is -0.0541. The average Bonchev–Trinajstić information content (AvgIpc) is 3.35. The molecule has 0 unspecified atom stereocenters. The second kappa shape index (κ2) is 7.56. The Hall–Kier alpha value is -2.08. The number of carbonyl (C=O) groups is 2. The summed E-state index contributed by atoms with van der Waals surface area (Å²) in [6, 6.07) is 3.45. The maximum Gasteiger partial charge on any atom is 0.310 e. The molecule has 2 saturated heterocycles. The van der Waals surface area contributed by atoms with Crippen LogP contribution in [0.3, 0.4) is 0 Å². The van der Waals surface area contributed by atoms with E-state index in [0.29, 0.717) is 30.7 Å². The number of allylic oxidation sites excluding steroid dienone is 1. The topological polar surface area (TPSA) is 63.0 Å². The van der Waals surface area contributed by atoms with E-state index < -0.39 is 0 Å². The zero-order chi connectivity index (χ0) is 20.9. The summed E-state index contributed by atoms with van der Waals surface area (Å²) in [5, 5.41) is 0. The number of amides is 1. The number of hydrogen-bond donors (Lipinski definition) is 0. The molecule has 1 aromatic rings. The van der Waals surface area contributed by atoms with Crippen molar-refractivity contribution in [2.24, 2.45) is 23.2 Å². The van der Waals surface area contributed by atoms with Crippen molar-refractivity contribution >= 4 is 11.9 Å². The fourth-order valence-electron chi connectivity index (χ4n) is 6.43. The van der Waals surface area contributed by atoms with E-state index in [0.717, 1.165) is 38.9 Å². The molecule has 2 saturated carbocycles. The summed E-state index contributed by atoms with van der Waals surface area (Å²) in [6.45, 7) is 10.4. The fraction of sp³-hybridized carbons (Fsp3) is 0.667. The van der Waals surface area contributed by atoms with Gasteiger partial charge in [-0.2, -0.15) is 0 Å². The zero-order valence-electron chi connectivity index (χ0n) is 17.8. The van der Waals surface area contributed by atoms with Crippen molar-refractivity contribution in [2.75, 3.05) is 32.7 Å². The number of nitrogens with zero attached hydrogens (tertiary/aromatic N) is 2. The number of piperazine rings is 1. The molecule has 4 aliphatic rings. The summed E-state index contributed by atoms with van der Waals surface area (Å²) >= 11 is 0. The number of ether oxygens (including phenoxy) is 1. The van der Waals surface area contributed by atoms with Crippen LogP contribution in [0.4, 0.5) is 0 Å². The van der Waals surface area contributed by atoms with E-state index in [1.165, 1.54) is 24.7 Å². The highest BCUT2D eigenvalue weighted by molar-refractivity contribution is 5.91. The number of rotatable bonds is 3. The lowest BCUT2D eigenvalue weighted by Crippen LogP contribution is -2.51. The van der Waals surface area contributed by atoms with E-state index in [-0.39, 0.29) is 29.3 Å². The molecule has 5 rings (SSSR count). The van der Waals surface area contributed by atoms with Crippen molar-refractivity contribution in [1.29, 1.82) is 0 Å². The number of furan rings is 1. The van der Waals surface area contributed by atoms with Crippen molar-refractivity contribution in [3.8, 4) is 0 Å². The Bertz CT molecular complexity index is 826. The molecule has 2 aliphatic carbocycles. The first kappa shape index (κ1) is 19.9. The number of esters is 1. The lowest BCUT2D eigenvalue weighted by Gasteiger charge is -2.50. The monoisotopic (exact) mass is 412 g/mol. The van der Waals surface area contributed by atoms with E-state index in [1.54, 1.807) is 12.1 Å². The SMILES string of the molecule is C=C1CCC[C@]2(C)C[C@H]3OC(=O)[C@H](CN4CCN(C(=O)c5ccco5)CC4)[C@@H]3C[C@H]12. The minimum absolute atomic E-state index is 0.0213. The van der Waals surface area contributed by atoms with Crippen LogP contribution >= 0.6 is 0 Å². The molecule has 6 heteroatoms. The highest BCUT2D eigenvalue weighted by Crippen LogP contribution is 2.56. The van der Waals surface area contributed by atoms with Crippen LogP contribution in [0, 0.1) is 23.2 Å². The van der Waals surface area contributed by atoms with Gasteiger partial charge in [0.25, 0.3) is 5.91 Å². The van der Waals surface area contributed by atoms with Crippen molar-refractivity contribution in [2.45, 2.75) is 45.1 Å². The number of hydrogen-bond acceptors (Lipinski definition) is 5. The predicted molar refractivity (Wildman–Crippen MR) is 112 cm³/mol. The molecule has 162 valence electrons. The fourth-order valence-corrected chi connectivity index (χ4v) is 6.43. The Morgan fingerprint density at radius 1 is 1.30 bits per heavy atom. The lowest BCUT2D eigenvalue weighted by molar-refractivity contribution is -0.146. The molecule has 0 aromatic carbocycles. The van der Waals surface area contributed by atoms with Crippen LogP contribution in [-0.4, -0.2) is 60.5 Å². The van der Waals surface area contributed by atoms with Crippen molar-refractivity contribution in [3.05, 3.63) is 36.3 Å². The first-order valence-electron chi connectivity index (χ1n) is 11.4. The van der Waals surface area contributed by atoms with Gasteiger partial charge in [0.15, 0.2) is 5.76 Å². The van der Waals surface area contributed by atoms with Crippen LogP contribution in [-0.2, 0) is 9.53 Å². The van der Waals surface area contributed by atoms with Gasteiger partial charge in [0, 0.05) is 38.6 Å². The molecule has 4 fully saturated rings. The molecular weight excluding hydrogens is 380 g/mol. The van der Waals surface area contributed by atoms with Crippen LogP contribution in [0.5, 0.6) is 0 Å². The van der Waals surface area contributed by atoms with E-state index in [2.05, 4.69) is 18.4 Å². The Labute approximate surface area is 178 Å². The maximum absolute atomic E-state index is 12.8. The maximum atomic E-state index is 12.8. The molecule has 30 heavy (non-hydrogen) atoms. The van der Waals surface area contributed by atoms with Crippen LogP contribution in [0.1, 0.15) is 49.6 Å². The van der Waals surface area contributed by atoms with Gasteiger partial charge in [-0.15, -0.1) is 0 Å². The molecule has 3 heterocycles. The summed E-state index contributed by atoms with van der Waals surface area (Å²) in [4.78, 5) is 29.4. The highest BCUT2D eigenvalue weighted by atomic mass is 16.6. The Kier molecular flexibility index (Phi) is 5.00. The standard InChI is InChI=1S/C24H32N2O4/c1-16-5-3-7-24(2)14-21-17(13-19(16)24)18(23(28)30-21)15-25-8-10-26(11-9-25)22(27)20-6-4-12-29-20/h4,6,12,17-19,21H,1,3,5,7-11,13-15H2,2H3/t17-,18+,19+,21+,24+/m0/s1. The second-order valence-electron chi connectivity index (χ2n) is 9.97. The van der Waals surface area contributed by atoms with Gasteiger partial charge < -0.3 is 14.1 Å². The lowest BCUT2D eigenvalue weighted by atomic mass is 9.55. The first-order chi connectivity index (χ1) is 14.4. The van der Waals surface area contributed by atoms with Gasteiger partial charge >= 0.3 is 5.97 Å². The Morgan fingerprint density at radius 2 is 2.10 bits per heavy atom. The van der Waals surface area contributed by atoms with Crippen molar-refractivity contribution in [3.63, 3.8) is 0 Å². The van der Waals surface area contributed by atoms with Crippen LogP contribution in [0.2, 0.25) is 0 Å². The third kappa shape index (κ3) is 3.39. The smallest absolute Gasteiger partial charge is 0.310 e. The zero-order valence-corrected chi connectivity index (χ0v) is 17.8. The normalized spacial score (nSPS) is 36.9. The molecular formula is C24H32N2O4. The molecule has 1 amide bonds. The van der Waals surface area contributed by atoms with Gasteiger partial charge in [-0.05, 0) is 55.6 Å². The third-order valence-corrected chi connectivity index (χ3v) is 8.17. The first-order valence-corrected chi connectivity index (χ1v) is 11.4. The highest BCUT2D eigenvalue weighted by Gasteiger charge is 2.55. The quantitative estimate of drug-likeness (QED) is 0.563. The minimum Gasteiger partial charge on any atom is -0.462 e. The van der Waals surface area contributed by atoms with Crippen molar-refractivity contribution < 1.29 is 18.7 Å². The summed E-state index contributed by atoms with van der Waals surface area (Å²) in [7, 11) is 0. The van der Waals surface area contributed by atoms with Crippen molar-refractivity contribution in [1.82, 2.24) is 9.80 Å². The molecule has 1 aromatic heterocycles. The van der Waals surface area contributed by atoms with Crippen LogP contribution in [0.15, 0.2) is 35.0 Å². The predicted octanol–water partition coefficient (Wildman–Crippen LogP) is 3.35. The molecule has 0 spiro atoms. The van der Waals surface area contributed by atoms with Crippen LogP contribution in [0.25, 0.3) is 0 Å². The van der Waals surface area contributed by atoms with Gasteiger partial charge in [-0.1, -0.05) is 19.1 Å². The molecule has 0 bridgehead atoms. The molecule has 6 nitrogen and oxygen atoms in total. The summed E-state index contributed by atoms with van der Waals surface area (Å²) in [6.07, 6.45) is 7.17. The molecule has 0 radical (unpaired) electrons. The van der Waals surface area contributed by atoms with E-state index >= 15 is 0 Å². The average molecular weight is 413 g/mol. The number of carbonyl (C=O) groups excluding carboxylic acids is 2. The Morgan fingerprint density at radius 3 is 2.83 bits per heavy atom. The van der Waals surface area contributed by atoms with Gasteiger partial charge in [0.2, 0.25) is 0 Å². The van der Waals surface area contributed by atoms with Gasteiger partial charge in [0.05, 0.1) is 12.2 Å². The molecule has 2 aliphatic heterocycles. The molecule has 0 N–H and O–H groups in total. The van der Waals surface area contributed by atoms with Gasteiger partial charge in [0.1, 0.15) is 6.10 Å². The summed E-state index contributed by atoms with van der Waals surface area (Å²) in [5.41, 5.74) is 1.62. The second-order valence-corrected chi connectivity index (χ2v) is 9.97. The summed E-state index contributed by atoms with van der Waals surface area (Å²) < 4.78 is 11.1. The summed E-state index contributed by atoms with van der Waals surface area (Å²) in [5.74, 6) is 1.08. The van der Waals surface area contributed by atoms with Gasteiger partial charge in [-0.25, -0.2) is 0 Å². The molecule has 5 atom stereocenters.